The van der Waals surface area contributed by atoms with Gasteiger partial charge in [0.1, 0.15) is 6.61 Å². The molecule has 22 heavy (non-hydrogen) atoms. The summed E-state index contributed by atoms with van der Waals surface area (Å²) >= 11 is 3.34. The number of benzene rings is 2. The van der Waals surface area contributed by atoms with Gasteiger partial charge in [0.2, 0.25) is 0 Å². The highest BCUT2D eigenvalue weighted by molar-refractivity contribution is 9.10. The lowest BCUT2D eigenvalue weighted by Gasteiger charge is -2.10. The molecule has 0 N–H and O–H groups in total. The molecule has 0 heterocycles. The molecule has 0 aliphatic carbocycles. The lowest BCUT2D eigenvalue weighted by molar-refractivity contribution is 0.0594. The van der Waals surface area contributed by atoms with E-state index in [2.05, 4.69) is 20.7 Å². The molecule has 112 valence electrons. The fraction of sp³-hybridized carbons (Fsp3) is 0.125. The van der Waals surface area contributed by atoms with E-state index in [0.717, 1.165) is 4.47 Å². The van der Waals surface area contributed by atoms with Crippen molar-refractivity contribution >= 4 is 21.9 Å². The molecule has 0 bridgehead atoms. The first kappa shape index (κ1) is 16.0. The van der Waals surface area contributed by atoms with Gasteiger partial charge >= 0.3 is 5.97 Å². The Morgan fingerprint density at radius 1 is 1.36 bits per heavy atom. The molecule has 0 atom stereocenters. The third-order valence-electron chi connectivity index (χ3n) is 2.93. The van der Waals surface area contributed by atoms with Gasteiger partial charge in [0.15, 0.2) is 11.6 Å². The van der Waals surface area contributed by atoms with E-state index in [-0.39, 0.29) is 17.9 Å². The van der Waals surface area contributed by atoms with Crippen LogP contribution in [-0.4, -0.2) is 13.1 Å². The van der Waals surface area contributed by atoms with Crippen LogP contribution in [0.4, 0.5) is 4.39 Å². The Balaban J connectivity index is 2.23. The predicted octanol–water partition coefficient (Wildman–Crippen LogP) is 3.83. The Bertz CT molecular complexity index is 756. The Morgan fingerprint density at radius 2 is 2.14 bits per heavy atom. The van der Waals surface area contributed by atoms with E-state index in [9.17, 15) is 9.18 Å². The van der Waals surface area contributed by atoms with Crippen LogP contribution < -0.4 is 4.74 Å². The molecule has 0 aliphatic rings. The highest BCUT2D eigenvalue weighted by atomic mass is 79.9. The van der Waals surface area contributed by atoms with Gasteiger partial charge in [-0.1, -0.05) is 22.0 Å². The fourth-order valence-electron chi connectivity index (χ4n) is 1.80. The van der Waals surface area contributed by atoms with E-state index in [1.807, 2.05) is 6.07 Å². The molecule has 0 saturated heterocycles. The van der Waals surface area contributed by atoms with Gasteiger partial charge in [0.25, 0.3) is 0 Å². The van der Waals surface area contributed by atoms with E-state index in [1.165, 1.54) is 25.3 Å². The molecule has 0 unspecified atom stereocenters. The predicted molar refractivity (Wildman–Crippen MR) is 80.9 cm³/mol. The molecule has 4 nitrogen and oxygen atoms in total. The van der Waals surface area contributed by atoms with Gasteiger partial charge in [-0.05, 0) is 30.3 Å². The average Bonchev–Trinajstić information content (AvgIpc) is 2.54. The quantitative estimate of drug-likeness (QED) is 0.774. The molecule has 0 radical (unpaired) electrons. The zero-order valence-electron chi connectivity index (χ0n) is 11.6. The second-order valence-corrected chi connectivity index (χ2v) is 5.17. The summed E-state index contributed by atoms with van der Waals surface area (Å²) in [4.78, 5) is 11.4. The van der Waals surface area contributed by atoms with Crippen molar-refractivity contribution in [3.05, 3.63) is 63.4 Å². The van der Waals surface area contributed by atoms with Gasteiger partial charge in [-0.2, -0.15) is 5.26 Å². The lowest BCUT2D eigenvalue weighted by Crippen LogP contribution is -2.06. The monoisotopic (exact) mass is 363 g/mol. The van der Waals surface area contributed by atoms with E-state index in [1.54, 1.807) is 18.2 Å². The van der Waals surface area contributed by atoms with Crippen LogP contribution in [0.2, 0.25) is 0 Å². The molecule has 2 rings (SSSR count). The van der Waals surface area contributed by atoms with Crippen molar-refractivity contribution in [2.24, 2.45) is 0 Å². The van der Waals surface area contributed by atoms with Crippen LogP contribution in [-0.2, 0) is 11.3 Å². The second kappa shape index (κ2) is 7.05. The number of halogens is 2. The van der Waals surface area contributed by atoms with Crippen molar-refractivity contribution in [1.29, 1.82) is 5.26 Å². The first-order valence-corrected chi connectivity index (χ1v) is 7.04. The number of nitriles is 1. The normalized spacial score (nSPS) is 9.91. The third kappa shape index (κ3) is 3.43. The van der Waals surface area contributed by atoms with Crippen molar-refractivity contribution in [2.75, 3.05) is 7.11 Å². The Hall–Kier alpha value is -2.39. The molecule has 0 amide bonds. The third-order valence-corrected chi connectivity index (χ3v) is 3.70. The SMILES string of the molecule is COC(=O)c1cccc(OCc2cc(C#N)ccc2Br)c1F. The number of methoxy groups -OCH3 is 1. The van der Waals surface area contributed by atoms with Gasteiger partial charge in [0.05, 0.1) is 24.3 Å². The molecule has 0 aliphatic heterocycles. The highest BCUT2D eigenvalue weighted by Gasteiger charge is 2.16. The molecular formula is C16H11BrFNO3. The summed E-state index contributed by atoms with van der Waals surface area (Å²) in [5.74, 6) is -1.60. The van der Waals surface area contributed by atoms with Gasteiger partial charge in [-0.15, -0.1) is 0 Å². The Kier molecular flexibility index (Phi) is 5.12. The number of hydrogen-bond donors (Lipinski definition) is 0. The zero-order chi connectivity index (χ0) is 16.1. The summed E-state index contributed by atoms with van der Waals surface area (Å²) in [7, 11) is 1.18. The maximum Gasteiger partial charge on any atom is 0.340 e. The molecule has 2 aromatic rings. The summed E-state index contributed by atoms with van der Waals surface area (Å²) < 4.78 is 24.8. The van der Waals surface area contributed by atoms with Crippen LogP contribution in [0.5, 0.6) is 5.75 Å². The summed E-state index contributed by atoms with van der Waals surface area (Å²) in [6, 6.07) is 11.3. The Morgan fingerprint density at radius 3 is 2.82 bits per heavy atom. The first-order chi connectivity index (χ1) is 10.6. The maximum atomic E-state index is 14.2. The van der Waals surface area contributed by atoms with Crippen molar-refractivity contribution in [3.8, 4) is 11.8 Å². The van der Waals surface area contributed by atoms with E-state index < -0.39 is 11.8 Å². The lowest BCUT2D eigenvalue weighted by atomic mass is 10.1. The summed E-state index contributed by atoms with van der Waals surface area (Å²) in [6.07, 6.45) is 0. The number of rotatable bonds is 4. The van der Waals surface area contributed by atoms with E-state index in [4.69, 9.17) is 10.00 Å². The summed E-state index contributed by atoms with van der Waals surface area (Å²) in [6.45, 7) is 0.0532. The van der Waals surface area contributed by atoms with Crippen LogP contribution in [0.25, 0.3) is 0 Å². The fourth-order valence-corrected chi connectivity index (χ4v) is 2.16. The van der Waals surface area contributed by atoms with Crippen LogP contribution in [0.1, 0.15) is 21.5 Å². The van der Waals surface area contributed by atoms with E-state index in [0.29, 0.717) is 11.1 Å². The minimum absolute atomic E-state index is 0.0532. The molecule has 0 saturated carbocycles. The molecule has 6 heteroatoms. The highest BCUT2D eigenvalue weighted by Crippen LogP contribution is 2.24. The first-order valence-electron chi connectivity index (χ1n) is 6.25. The van der Waals surface area contributed by atoms with Gasteiger partial charge in [-0.25, -0.2) is 9.18 Å². The van der Waals surface area contributed by atoms with Crippen LogP contribution in [0.3, 0.4) is 0 Å². The summed E-state index contributed by atoms with van der Waals surface area (Å²) in [5.41, 5.74) is 0.984. The van der Waals surface area contributed by atoms with Gasteiger partial charge in [0, 0.05) is 10.0 Å². The number of esters is 1. The van der Waals surface area contributed by atoms with Crippen molar-refractivity contribution in [1.82, 2.24) is 0 Å². The second-order valence-electron chi connectivity index (χ2n) is 4.32. The largest absolute Gasteiger partial charge is 0.486 e. The molecule has 0 aromatic heterocycles. The molecular weight excluding hydrogens is 353 g/mol. The summed E-state index contributed by atoms with van der Waals surface area (Å²) in [5, 5.41) is 8.89. The standard InChI is InChI=1S/C16H11BrFNO3/c1-21-16(20)12-3-2-4-14(15(12)18)22-9-11-7-10(8-19)5-6-13(11)17/h2-7H,9H2,1H3. The van der Waals surface area contributed by atoms with Crippen molar-refractivity contribution in [2.45, 2.75) is 6.61 Å². The van der Waals surface area contributed by atoms with Gasteiger partial charge < -0.3 is 9.47 Å². The van der Waals surface area contributed by atoms with Crippen molar-refractivity contribution < 1.29 is 18.7 Å². The van der Waals surface area contributed by atoms with Crippen LogP contribution in [0.15, 0.2) is 40.9 Å². The number of hydrogen-bond acceptors (Lipinski definition) is 4. The zero-order valence-corrected chi connectivity index (χ0v) is 13.2. The molecule has 2 aromatic carbocycles. The van der Waals surface area contributed by atoms with Crippen LogP contribution in [0, 0.1) is 17.1 Å². The smallest absolute Gasteiger partial charge is 0.340 e. The van der Waals surface area contributed by atoms with E-state index >= 15 is 0 Å². The minimum atomic E-state index is -0.776. The van der Waals surface area contributed by atoms with Crippen molar-refractivity contribution in [3.63, 3.8) is 0 Å². The van der Waals surface area contributed by atoms with Gasteiger partial charge in [-0.3, -0.25) is 0 Å². The number of carbonyl (C=O) groups excluding carboxylic acids is 1. The number of carbonyl (C=O) groups is 1. The minimum Gasteiger partial charge on any atom is -0.486 e. The maximum absolute atomic E-state index is 14.2. The number of nitrogens with zero attached hydrogens (tertiary/aromatic N) is 1. The topological polar surface area (TPSA) is 59.3 Å². The molecule has 0 spiro atoms. The number of ether oxygens (including phenoxy) is 2. The van der Waals surface area contributed by atoms with Crippen LogP contribution >= 0.6 is 15.9 Å². The average molecular weight is 364 g/mol. The molecule has 0 fully saturated rings. The Labute approximate surface area is 135 Å².